The molecule has 0 radical (unpaired) electrons. The molecule has 4 heteroatoms. The molecule has 0 aliphatic carbocycles. The molecule has 1 aromatic carbocycles. The molecule has 1 heterocycles. The number of rotatable bonds is 1. The number of aldehydes is 1. The van der Waals surface area contributed by atoms with Crippen molar-refractivity contribution in [3.8, 4) is 11.1 Å². The first-order valence-corrected chi connectivity index (χ1v) is 4.68. The lowest BCUT2D eigenvalue weighted by Crippen LogP contribution is -1.85. The minimum Gasteiger partial charge on any atom is -0.499 e. The van der Waals surface area contributed by atoms with E-state index in [4.69, 9.17) is 5.26 Å². The van der Waals surface area contributed by atoms with E-state index in [-0.39, 0.29) is 5.06 Å². The summed E-state index contributed by atoms with van der Waals surface area (Å²) in [5, 5.41) is 19.0. The standard InChI is InChI=1S/C10H5NO2S/c11-4-7-1-6-3-10(13)14-9(6)2-8(7)5-12/h1-3,5,13H. The van der Waals surface area contributed by atoms with Gasteiger partial charge in [-0.3, -0.25) is 4.79 Å². The van der Waals surface area contributed by atoms with Crippen LogP contribution in [0.15, 0.2) is 18.2 Å². The van der Waals surface area contributed by atoms with Crippen molar-refractivity contribution in [1.29, 1.82) is 5.26 Å². The lowest BCUT2D eigenvalue weighted by molar-refractivity contribution is 0.112. The van der Waals surface area contributed by atoms with E-state index in [1.807, 2.05) is 6.07 Å². The van der Waals surface area contributed by atoms with Crippen LogP contribution in [-0.4, -0.2) is 11.4 Å². The van der Waals surface area contributed by atoms with Crippen LogP contribution in [0, 0.1) is 11.3 Å². The third-order valence-electron chi connectivity index (χ3n) is 1.92. The van der Waals surface area contributed by atoms with Crippen molar-refractivity contribution in [2.75, 3.05) is 0 Å². The lowest BCUT2D eigenvalue weighted by Gasteiger charge is -1.94. The maximum absolute atomic E-state index is 10.6. The predicted molar refractivity (Wildman–Crippen MR) is 53.6 cm³/mol. The average molecular weight is 203 g/mol. The first-order chi connectivity index (χ1) is 6.74. The van der Waals surface area contributed by atoms with Crippen molar-refractivity contribution >= 4 is 27.7 Å². The minimum atomic E-state index is 0.187. The largest absolute Gasteiger partial charge is 0.499 e. The van der Waals surface area contributed by atoms with E-state index in [9.17, 15) is 9.90 Å². The highest BCUT2D eigenvalue weighted by atomic mass is 32.1. The average Bonchev–Trinajstić information content (AvgIpc) is 2.54. The Balaban J connectivity index is 2.82. The Labute approximate surface area is 83.8 Å². The van der Waals surface area contributed by atoms with Gasteiger partial charge in [0.15, 0.2) is 11.3 Å². The van der Waals surface area contributed by atoms with Gasteiger partial charge in [0.1, 0.15) is 0 Å². The maximum Gasteiger partial charge on any atom is 0.172 e. The summed E-state index contributed by atoms with van der Waals surface area (Å²) < 4.78 is 0.809. The molecule has 0 saturated heterocycles. The first-order valence-electron chi connectivity index (χ1n) is 3.86. The fourth-order valence-electron chi connectivity index (χ4n) is 1.28. The molecule has 0 unspecified atom stereocenters. The minimum absolute atomic E-state index is 0.187. The van der Waals surface area contributed by atoms with Crippen LogP contribution in [0.2, 0.25) is 0 Å². The summed E-state index contributed by atoms with van der Waals surface area (Å²) in [7, 11) is 0. The molecule has 68 valence electrons. The molecular formula is C10H5NO2S. The third kappa shape index (κ3) is 1.24. The highest BCUT2D eigenvalue weighted by molar-refractivity contribution is 7.20. The number of nitriles is 1. The summed E-state index contributed by atoms with van der Waals surface area (Å²) in [5.74, 6) is 0. The van der Waals surface area contributed by atoms with E-state index in [1.54, 1.807) is 18.2 Å². The van der Waals surface area contributed by atoms with Gasteiger partial charge in [-0.25, -0.2) is 0 Å². The predicted octanol–water partition coefficient (Wildman–Crippen LogP) is 2.29. The van der Waals surface area contributed by atoms with E-state index >= 15 is 0 Å². The van der Waals surface area contributed by atoms with E-state index in [0.29, 0.717) is 17.4 Å². The van der Waals surface area contributed by atoms with Gasteiger partial charge in [0, 0.05) is 10.3 Å². The fraction of sp³-hybridized carbons (Fsp3) is 0. The Morgan fingerprint density at radius 3 is 2.86 bits per heavy atom. The molecule has 0 fully saturated rings. The summed E-state index contributed by atoms with van der Waals surface area (Å²) in [6.45, 7) is 0. The number of nitrogens with zero attached hydrogens (tertiary/aromatic N) is 1. The summed E-state index contributed by atoms with van der Waals surface area (Å²) in [4.78, 5) is 10.6. The third-order valence-corrected chi connectivity index (χ3v) is 2.82. The molecule has 2 aromatic rings. The van der Waals surface area contributed by atoms with Crippen molar-refractivity contribution in [2.45, 2.75) is 0 Å². The maximum atomic E-state index is 10.6. The molecule has 14 heavy (non-hydrogen) atoms. The number of hydrogen-bond donors (Lipinski definition) is 1. The van der Waals surface area contributed by atoms with E-state index in [2.05, 4.69) is 0 Å². The first kappa shape index (κ1) is 8.73. The number of fused-ring (bicyclic) bond motifs is 1. The smallest absolute Gasteiger partial charge is 0.172 e. The summed E-state index contributed by atoms with van der Waals surface area (Å²) in [5.41, 5.74) is 0.701. The van der Waals surface area contributed by atoms with Gasteiger partial charge in [-0.15, -0.1) is 0 Å². The Morgan fingerprint density at radius 1 is 1.43 bits per heavy atom. The zero-order valence-corrected chi connectivity index (χ0v) is 7.84. The molecule has 1 N–H and O–H groups in total. The SMILES string of the molecule is N#Cc1cc2cc(O)sc2cc1C=O. The van der Waals surface area contributed by atoms with Crippen LogP contribution >= 0.6 is 11.3 Å². The Kier molecular flexibility index (Phi) is 1.95. The van der Waals surface area contributed by atoms with Gasteiger partial charge < -0.3 is 5.11 Å². The number of hydrogen-bond acceptors (Lipinski definition) is 4. The van der Waals surface area contributed by atoms with Gasteiger partial charge >= 0.3 is 0 Å². The second-order valence-electron chi connectivity index (χ2n) is 2.79. The summed E-state index contributed by atoms with van der Waals surface area (Å²) >= 11 is 1.19. The van der Waals surface area contributed by atoms with Gasteiger partial charge in [0.2, 0.25) is 0 Å². The van der Waals surface area contributed by atoms with Crippen molar-refractivity contribution < 1.29 is 9.90 Å². The second-order valence-corrected chi connectivity index (χ2v) is 3.85. The van der Waals surface area contributed by atoms with Crippen LogP contribution in [0.4, 0.5) is 0 Å². The summed E-state index contributed by atoms with van der Waals surface area (Å²) in [6, 6.07) is 6.74. The normalized spacial score (nSPS) is 9.93. The van der Waals surface area contributed by atoms with Gasteiger partial charge in [-0.2, -0.15) is 5.26 Å². The molecule has 0 atom stereocenters. The number of thiophene rings is 1. The van der Waals surface area contributed by atoms with Crippen molar-refractivity contribution in [2.24, 2.45) is 0 Å². The molecule has 0 amide bonds. The fourth-order valence-corrected chi connectivity index (χ4v) is 2.12. The highest BCUT2D eigenvalue weighted by Gasteiger charge is 2.06. The summed E-state index contributed by atoms with van der Waals surface area (Å²) in [6.07, 6.45) is 0.648. The Hall–Kier alpha value is -1.86. The molecule has 3 nitrogen and oxygen atoms in total. The van der Waals surface area contributed by atoms with Gasteiger partial charge in [0.25, 0.3) is 0 Å². The van der Waals surface area contributed by atoms with Crippen LogP contribution in [0.1, 0.15) is 15.9 Å². The number of aromatic hydroxyl groups is 1. The molecule has 0 bridgehead atoms. The van der Waals surface area contributed by atoms with Crippen LogP contribution < -0.4 is 0 Å². The second kappa shape index (κ2) is 3.13. The molecule has 1 aromatic heterocycles. The monoisotopic (exact) mass is 203 g/mol. The van der Waals surface area contributed by atoms with E-state index < -0.39 is 0 Å². The quantitative estimate of drug-likeness (QED) is 0.723. The molecule has 0 spiro atoms. The highest BCUT2D eigenvalue weighted by Crippen LogP contribution is 2.32. The number of carbonyl (C=O) groups is 1. The molecular weight excluding hydrogens is 198 g/mol. The lowest BCUT2D eigenvalue weighted by atomic mass is 10.1. The van der Waals surface area contributed by atoms with Crippen LogP contribution in [0.3, 0.4) is 0 Å². The van der Waals surface area contributed by atoms with E-state index in [0.717, 1.165) is 10.1 Å². The number of carbonyl (C=O) groups excluding carboxylic acids is 1. The van der Waals surface area contributed by atoms with Gasteiger partial charge in [-0.1, -0.05) is 11.3 Å². The Bertz CT molecular complexity index is 551. The topological polar surface area (TPSA) is 61.1 Å². The van der Waals surface area contributed by atoms with Crippen molar-refractivity contribution in [3.63, 3.8) is 0 Å². The van der Waals surface area contributed by atoms with Crippen molar-refractivity contribution in [3.05, 3.63) is 29.3 Å². The van der Waals surface area contributed by atoms with Gasteiger partial charge in [0.05, 0.1) is 11.6 Å². The van der Waals surface area contributed by atoms with E-state index in [1.165, 1.54) is 11.3 Å². The number of benzene rings is 1. The van der Waals surface area contributed by atoms with Crippen LogP contribution in [-0.2, 0) is 0 Å². The van der Waals surface area contributed by atoms with Crippen LogP contribution in [0.5, 0.6) is 5.06 Å². The zero-order valence-electron chi connectivity index (χ0n) is 7.02. The van der Waals surface area contributed by atoms with Gasteiger partial charge in [-0.05, 0) is 23.6 Å². The molecule has 2 rings (SSSR count). The van der Waals surface area contributed by atoms with Crippen molar-refractivity contribution in [1.82, 2.24) is 0 Å². The zero-order chi connectivity index (χ0) is 10.1. The molecule has 0 saturated carbocycles. The molecule has 0 aliphatic heterocycles. The van der Waals surface area contributed by atoms with Crippen LogP contribution in [0.25, 0.3) is 10.1 Å². The Morgan fingerprint density at radius 2 is 2.21 bits per heavy atom. The molecule has 0 aliphatic rings.